The van der Waals surface area contributed by atoms with E-state index in [4.69, 9.17) is 0 Å². The van der Waals surface area contributed by atoms with E-state index in [1.807, 2.05) is 13.8 Å². The summed E-state index contributed by atoms with van der Waals surface area (Å²) in [5.41, 5.74) is 1.16. The highest BCUT2D eigenvalue weighted by molar-refractivity contribution is 9.10. The van der Waals surface area contributed by atoms with Crippen LogP contribution in [-0.4, -0.2) is 16.1 Å². The van der Waals surface area contributed by atoms with E-state index in [0.717, 1.165) is 5.69 Å². The highest BCUT2D eigenvalue weighted by atomic mass is 79.9. The molecule has 0 aliphatic rings. The molecular weight excluding hydrogens is 313 g/mol. The van der Waals surface area contributed by atoms with E-state index in [0.29, 0.717) is 16.2 Å². The highest BCUT2D eigenvalue weighted by Crippen LogP contribution is 2.20. The van der Waals surface area contributed by atoms with E-state index >= 15 is 0 Å². The van der Waals surface area contributed by atoms with Gasteiger partial charge < -0.3 is 5.32 Å². The number of anilines is 1. The monoisotopic (exact) mass is 325 g/mol. The summed E-state index contributed by atoms with van der Waals surface area (Å²) in [4.78, 5) is 12.0. The van der Waals surface area contributed by atoms with Crippen LogP contribution in [0.25, 0.3) is 0 Å². The number of rotatable bonds is 3. The van der Waals surface area contributed by atoms with Crippen molar-refractivity contribution in [2.75, 3.05) is 5.32 Å². The number of hydrogen-bond donors (Lipinski definition) is 2. The van der Waals surface area contributed by atoms with E-state index in [1.54, 1.807) is 6.07 Å². The molecule has 0 unspecified atom stereocenters. The van der Waals surface area contributed by atoms with Crippen LogP contribution in [0.2, 0.25) is 0 Å². The van der Waals surface area contributed by atoms with Crippen LogP contribution in [-0.2, 0) is 0 Å². The number of aromatic amines is 1. The maximum atomic E-state index is 13.1. The van der Waals surface area contributed by atoms with Gasteiger partial charge in [-0.3, -0.25) is 9.89 Å². The van der Waals surface area contributed by atoms with Gasteiger partial charge in [-0.1, -0.05) is 13.8 Å². The first kappa shape index (κ1) is 13.7. The minimum atomic E-state index is -0.460. The molecule has 0 saturated carbocycles. The van der Waals surface area contributed by atoms with Crippen molar-refractivity contribution in [1.29, 1.82) is 0 Å². The number of hydrogen-bond acceptors (Lipinski definition) is 2. The van der Waals surface area contributed by atoms with Gasteiger partial charge in [0.1, 0.15) is 5.82 Å². The summed E-state index contributed by atoms with van der Waals surface area (Å²) in [6.45, 7) is 4.03. The smallest absolute Gasteiger partial charge is 0.258 e. The topological polar surface area (TPSA) is 57.8 Å². The molecule has 1 heterocycles. The quantitative estimate of drug-likeness (QED) is 0.904. The van der Waals surface area contributed by atoms with Crippen molar-refractivity contribution in [3.8, 4) is 0 Å². The van der Waals surface area contributed by atoms with Crippen LogP contribution in [0, 0.1) is 5.82 Å². The second kappa shape index (κ2) is 5.52. The largest absolute Gasteiger partial charge is 0.305 e. The molecule has 0 aliphatic carbocycles. The van der Waals surface area contributed by atoms with Gasteiger partial charge >= 0.3 is 0 Å². The molecule has 6 heteroatoms. The average molecular weight is 326 g/mol. The first-order valence-corrected chi connectivity index (χ1v) is 6.58. The summed E-state index contributed by atoms with van der Waals surface area (Å²) in [5, 5.41) is 9.45. The maximum Gasteiger partial charge on any atom is 0.258 e. The zero-order valence-corrected chi connectivity index (χ0v) is 12.1. The summed E-state index contributed by atoms with van der Waals surface area (Å²) in [6, 6.07) is 5.71. The molecule has 1 aromatic carbocycles. The van der Waals surface area contributed by atoms with Crippen LogP contribution >= 0.6 is 15.9 Å². The number of nitrogens with one attached hydrogen (secondary N) is 2. The lowest BCUT2D eigenvalue weighted by molar-refractivity contribution is 0.102. The molecule has 1 amide bonds. The lowest BCUT2D eigenvalue weighted by Crippen LogP contribution is -2.13. The van der Waals surface area contributed by atoms with E-state index < -0.39 is 11.7 Å². The number of carbonyl (C=O) groups is 1. The zero-order chi connectivity index (χ0) is 14.0. The van der Waals surface area contributed by atoms with Crippen LogP contribution in [0.1, 0.15) is 35.8 Å². The van der Waals surface area contributed by atoms with E-state index in [-0.39, 0.29) is 5.56 Å². The van der Waals surface area contributed by atoms with Gasteiger partial charge in [0.2, 0.25) is 0 Å². The van der Waals surface area contributed by atoms with Crippen LogP contribution < -0.4 is 5.32 Å². The first-order chi connectivity index (χ1) is 8.97. The van der Waals surface area contributed by atoms with Crippen LogP contribution in [0.4, 0.5) is 10.2 Å². The van der Waals surface area contributed by atoms with Crippen molar-refractivity contribution in [2.45, 2.75) is 19.8 Å². The lowest BCUT2D eigenvalue weighted by Gasteiger charge is -2.04. The fourth-order valence-electron chi connectivity index (χ4n) is 1.55. The second-order valence-electron chi connectivity index (χ2n) is 4.44. The predicted octanol–water partition coefficient (Wildman–Crippen LogP) is 3.69. The third-order valence-electron chi connectivity index (χ3n) is 2.63. The minimum absolute atomic E-state index is 0.231. The van der Waals surface area contributed by atoms with Gasteiger partial charge in [0, 0.05) is 16.2 Å². The van der Waals surface area contributed by atoms with E-state index in [1.165, 1.54) is 18.2 Å². The molecule has 0 radical (unpaired) electrons. The van der Waals surface area contributed by atoms with Crippen molar-refractivity contribution in [3.63, 3.8) is 0 Å². The van der Waals surface area contributed by atoms with Crippen LogP contribution in [0.3, 0.4) is 0 Å². The fourth-order valence-corrected chi connectivity index (χ4v) is 1.98. The third-order valence-corrected chi connectivity index (χ3v) is 3.33. The number of nitrogens with zero attached hydrogens (tertiary/aromatic N) is 1. The predicted molar refractivity (Wildman–Crippen MR) is 74.7 cm³/mol. The van der Waals surface area contributed by atoms with Crippen molar-refractivity contribution >= 4 is 27.7 Å². The Morgan fingerprint density at radius 3 is 2.79 bits per heavy atom. The van der Waals surface area contributed by atoms with Gasteiger partial charge in [-0.05, 0) is 40.0 Å². The third kappa shape index (κ3) is 3.20. The number of aromatic nitrogens is 2. The summed E-state index contributed by atoms with van der Waals surface area (Å²) in [7, 11) is 0. The van der Waals surface area contributed by atoms with Crippen LogP contribution in [0.15, 0.2) is 28.7 Å². The minimum Gasteiger partial charge on any atom is -0.305 e. The Morgan fingerprint density at radius 1 is 1.42 bits per heavy atom. The molecule has 1 aromatic heterocycles. The van der Waals surface area contributed by atoms with Gasteiger partial charge in [0.15, 0.2) is 5.82 Å². The molecule has 2 rings (SSSR count). The molecule has 0 bridgehead atoms. The zero-order valence-electron chi connectivity index (χ0n) is 10.5. The molecular formula is C13H13BrFN3O. The standard InChI is InChI=1S/C13H13BrFN3O/c1-7(2)11-6-12(18-17-11)16-13(19)9-5-8(15)3-4-10(9)14/h3-7H,1-2H3,(H2,16,17,18,19). The molecule has 0 atom stereocenters. The Bertz CT molecular complexity index is 610. The molecule has 19 heavy (non-hydrogen) atoms. The fraction of sp³-hybridized carbons (Fsp3) is 0.231. The number of amides is 1. The van der Waals surface area contributed by atoms with Gasteiger partial charge in [-0.25, -0.2) is 4.39 Å². The van der Waals surface area contributed by atoms with Crippen molar-refractivity contribution in [1.82, 2.24) is 10.2 Å². The maximum absolute atomic E-state index is 13.1. The number of H-pyrrole nitrogens is 1. The first-order valence-electron chi connectivity index (χ1n) is 5.79. The Hall–Kier alpha value is -1.69. The molecule has 0 aliphatic heterocycles. The number of benzene rings is 1. The molecule has 4 nitrogen and oxygen atoms in total. The number of carbonyl (C=O) groups excluding carboxylic acids is 1. The van der Waals surface area contributed by atoms with Gasteiger partial charge in [0.05, 0.1) is 5.56 Å². The van der Waals surface area contributed by atoms with Crippen LogP contribution in [0.5, 0.6) is 0 Å². The Morgan fingerprint density at radius 2 is 2.16 bits per heavy atom. The summed E-state index contributed by atoms with van der Waals surface area (Å²) in [6.07, 6.45) is 0. The number of halogens is 2. The van der Waals surface area contributed by atoms with Gasteiger partial charge in [0.25, 0.3) is 5.91 Å². The van der Waals surface area contributed by atoms with Gasteiger partial charge in [-0.15, -0.1) is 0 Å². The molecule has 100 valence electrons. The van der Waals surface area contributed by atoms with E-state index in [2.05, 4.69) is 31.4 Å². The Balaban J connectivity index is 2.18. The second-order valence-corrected chi connectivity index (χ2v) is 5.30. The molecule has 0 spiro atoms. The normalized spacial score (nSPS) is 10.8. The van der Waals surface area contributed by atoms with Crippen molar-refractivity contribution in [2.24, 2.45) is 0 Å². The Labute approximate surface area is 118 Å². The summed E-state index contributed by atoms with van der Waals surface area (Å²) >= 11 is 3.22. The highest BCUT2D eigenvalue weighted by Gasteiger charge is 2.13. The van der Waals surface area contributed by atoms with Crippen molar-refractivity contribution in [3.05, 3.63) is 45.8 Å². The lowest BCUT2D eigenvalue weighted by atomic mass is 10.1. The summed E-state index contributed by atoms with van der Waals surface area (Å²) < 4.78 is 13.7. The molecule has 0 saturated heterocycles. The molecule has 2 N–H and O–H groups in total. The molecule has 0 fully saturated rings. The van der Waals surface area contributed by atoms with Crippen molar-refractivity contribution < 1.29 is 9.18 Å². The molecule has 2 aromatic rings. The van der Waals surface area contributed by atoms with E-state index in [9.17, 15) is 9.18 Å². The van der Waals surface area contributed by atoms with Gasteiger partial charge in [-0.2, -0.15) is 5.10 Å². The summed E-state index contributed by atoms with van der Waals surface area (Å²) in [5.74, 6) is -0.157. The Kier molecular flexibility index (Phi) is 3.99. The average Bonchev–Trinajstić information content (AvgIpc) is 2.80. The SMILES string of the molecule is CC(C)c1cc(NC(=O)c2cc(F)ccc2Br)n[nH]1.